The second kappa shape index (κ2) is 12.1. The first-order valence-corrected chi connectivity index (χ1v) is 15.5. The van der Waals surface area contributed by atoms with Crippen LogP contribution in [-0.4, -0.2) is 86.7 Å². The number of hydrogen-bond acceptors (Lipinski definition) is 9. The van der Waals surface area contributed by atoms with Gasteiger partial charge in [-0.25, -0.2) is 14.4 Å². The number of fused-ring (bicyclic) bond motifs is 2. The van der Waals surface area contributed by atoms with E-state index in [1.807, 2.05) is 60.7 Å². The topological polar surface area (TPSA) is 137 Å². The number of nitrogens with one attached hydrogen (secondary N) is 3. The zero-order valence-corrected chi connectivity index (χ0v) is 24.9. The Labute approximate surface area is 263 Å². The molecular weight excluding hydrogens is 587 g/mol. The van der Waals surface area contributed by atoms with E-state index in [2.05, 4.69) is 41.5 Å². The first kappa shape index (κ1) is 28.6. The van der Waals surface area contributed by atoms with Crippen LogP contribution in [0, 0.1) is 0 Å². The maximum atomic E-state index is 14.1. The fraction of sp³-hybridized carbons (Fsp3) is 0.294. The van der Waals surface area contributed by atoms with Crippen molar-refractivity contribution >= 4 is 33.4 Å². The number of ether oxygens (including phenoxy) is 2. The Kier molecular flexibility index (Phi) is 7.52. The highest BCUT2D eigenvalue weighted by molar-refractivity contribution is 5.95. The normalized spacial score (nSPS) is 22.0. The first-order valence-electron chi connectivity index (χ1n) is 15.5. The molecule has 4 unspecified atom stereocenters. The number of aromatic amines is 2. The van der Waals surface area contributed by atoms with Crippen LogP contribution in [0.1, 0.15) is 18.1 Å². The Morgan fingerprint density at radius 1 is 0.935 bits per heavy atom. The van der Waals surface area contributed by atoms with Crippen LogP contribution < -0.4 is 10.2 Å². The molecular formula is C34H33FN8O3. The predicted molar refractivity (Wildman–Crippen MR) is 173 cm³/mol. The zero-order valence-electron chi connectivity index (χ0n) is 24.9. The Balaban J connectivity index is 1.06. The molecule has 4 atom stereocenters. The van der Waals surface area contributed by atoms with E-state index in [1.54, 1.807) is 12.4 Å². The van der Waals surface area contributed by atoms with E-state index in [0.717, 1.165) is 55.7 Å². The summed E-state index contributed by atoms with van der Waals surface area (Å²) in [5, 5.41) is 31.1. The first-order chi connectivity index (χ1) is 22.6. The van der Waals surface area contributed by atoms with Crippen molar-refractivity contribution in [3.8, 4) is 22.5 Å². The summed E-state index contributed by atoms with van der Waals surface area (Å²) < 4.78 is 25.9. The summed E-state index contributed by atoms with van der Waals surface area (Å²) in [5.41, 5.74) is 6.28. The van der Waals surface area contributed by atoms with E-state index >= 15 is 0 Å². The molecule has 6 aromatic rings. The van der Waals surface area contributed by atoms with Gasteiger partial charge in [-0.3, -0.25) is 10.2 Å². The molecule has 2 fully saturated rings. The van der Waals surface area contributed by atoms with Crippen molar-refractivity contribution in [3.63, 3.8) is 0 Å². The van der Waals surface area contributed by atoms with Crippen LogP contribution in [0.3, 0.4) is 0 Å². The van der Waals surface area contributed by atoms with E-state index in [1.165, 1.54) is 0 Å². The maximum Gasteiger partial charge on any atom is 0.146 e. The number of pyridine rings is 2. The highest BCUT2D eigenvalue weighted by atomic mass is 19.1. The molecule has 12 heteroatoms. The molecule has 0 spiro atoms. The molecule has 0 bridgehead atoms. The van der Waals surface area contributed by atoms with Crippen molar-refractivity contribution < 1.29 is 19.0 Å². The van der Waals surface area contributed by atoms with E-state index < -0.39 is 18.3 Å². The molecule has 11 nitrogen and oxygen atoms in total. The quantitative estimate of drug-likeness (QED) is 0.193. The molecule has 0 saturated carbocycles. The van der Waals surface area contributed by atoms with Gasteiger partial charge in [-0.1, -0.05) is 36.4 Å². The van der Waals surface area contributed by atoms with Gasteiger partial charge in [0.05, 0.1) is 54.8 Å². The van der Waals surface area contributed by atoms with E-state index in [0.29, 0.717) is 31.9 Å². The lowest BCUT2D eigenvalue weighted by atomic mass is 10.0. The van der Waals surface area contributed by atoms with Gasteiger partial charge in [0.1, 0.15) is 23.5 Å². The molecule has 2 aliphatic rings. The lowest BCUT2D eigenvalue weighted by Gasteiger charge is -2.24. The van der Waals surface area contributed by atoms with Crippen molar-refractivity contribution in [1.82, 2.24) is 30.4 Å². The largest absolute Gasteiger partial charge is 0.394 e. The lowest BCUT2D eigenvalue weighted by molar-refractivity contribution is -0.0285. The Hall–Kier alpha value is -4.91. The number of nitrogens with zero attached hydrogens (tertiary/aromatic N) is 5. The van der Waals surface area contributed by atoms with Crippen molar-refractivity contribution in [2.75, 3.05) is 43.1 Å². The number of rotatable bonds is 7. The number of hydrogen-bond donors (Lipinski definition) is 4. The number of anilines is 2. The number of para-hydroxylation sites is 2. The van der Waals surface area contributed by atoms with E-state index in [9.17, 15) is 9.50 Å². The van der Waals surface area contributed by atoms with Gasteiger partial charge in [0.25, 0.3) is 0 Å². The minimum Gasteiger partial charge on any atom is -0.394 e. The van der Waals surface area contributed by atoms with Gasteiger partial charge in [0.15, 0.2) is 0 Å². The Morgan fingerprint density at radius 3 is 2.70 bits per heavy atom. The van der Waals surface area contributed by atoms with Crippen LogP contribution in [0.4, 0.5) is 16.0 Å². The molecule has 0 aliphatic carbocycles. The standard InChI is InChI=1S/C34H33FN8O3/c35-26-18-45-19-28(26)38-30-14-20(8-11-36-30)33-25-6-3-5-24(34(25)42-41-33)29-10-13-43(16-22(17-44)46-29)31-15-21(9-12-37-31)32-23-4-1-2-7-27(23)39-40-32/h1-9,11-12,14-15,22,26,28-29,44H,10,13,16-19H2,(H,36,38)(H,39,40)(H,41,42). The van der Waals surface area contributed by atoms with E-state index in [-0.39, 0.29) is 19.3 Å². The summed E-state index contributed by atoms with van der Waals surface area (Å²) in [6, 6.07) is 21.5. The van der Waals surface area contributed by atoms with Crippen LogP contribution in [0.15, 0.2) is 79.1 Å². The molecule has 4 N–H and O–H groups in total. The van der Waals surface area contributed by atoms with Gasteiger partial charge in [0.2, 0.25) is 0 Å². The summed E-state index contributed by atoms with van der Waals surface area (Å²) >= 11 is 0. The van der Waals surface area contributed by atoms with Crippen LogP contribution in [0.2, 0.25) is 0 Å². The van der Waals surface area contributed by atoms with Crippen molar-refractivity contribution in [2.45, 2.75) is 30.8 Å². The fourth-order valence-electron chi connectivity index (χ4n) is 6.47. The summed E-state index contributed by atoms with van der Waals surface area (Å²) in [7, 11) is 0. The Bertz CT molecular complexity index is 2000. The van der Waals surface area contributed by atoms with Crippen molar-refractivity contribution in [3.05, 3.63) is 84.7 Å². The SMILES string of the molecule is OCC1CN(c2cc(-c3n[nH]c4ccccc34)ccn2)CCC(c2cccc3c(-c4ccnc(NC5COCC5F)c4)[nH]nc23)O1. The Morgan fingerprint density at radius 2 is 1.80 bits per heavy atom. The van der Waals surface area contributed by atoms with E-state index in [4.69, 9.17) is 14.6 Å². The second-order valence-corrected chi connectivity index (χ2v) is 11.8. The maximum absolute atomic E-state index is 14.1. The summed E-state index contributed by atoms with van der Waals surface area (Å²) in [6.07, 6.45) is 2.38. The van der Waals surface area contributed by atoms with Crippen LogP contribution in [0.25, 0.3) is 44.3 Å². The fourth-order valence-corrected chi connectivity index (χ4v) is 6.47. The monoisotopic (exact) mass is 620 g/mol. The zero-order chi connectivity index (χ0) is 31.0. The number of aromatic nitrogens is 6. The predicted octanol–water partition coefficient (Wildman–Crippen LogP) is 5.04. The van der Waals surface area contributed by atoms with Gasteiger partial charge >= 0.3 is 0 Å². The number of aliphatic hydroxyl groups is 1. The van der Waals surface area contributed by atoms with Crippen molar-refractivity contribution in [1.29, 1.82) is 0 Å². The van der Waals surface area contributed by atoms with Crippen LogP contribution >= 0.6 is 0 Å². The molecule has 2 saturated heterocycles. The molecule has 8 rings (SSSR count). The third kappa shape index (κ3) is 5.34. The van der Waals surface area contributed by atoms with Gasteiger partial charge in [-0.15, -0.1) is 0 Å². The number of alkyl halides is 1. The minimum atomic E-state index is -1.07. The molecule has 46 heavy (non-hydrogen) atoms. The van der Waals surface area contributed by atoms with Gasteiger partial charge in [-0.05, 0) is 36.8 Å². The molecule has 234 valence electrons. The third-order valence-electron chi connectivity index (χ3n) is 8.81. The highest BCUT2D eigenvalue weighted by Crippen LogP contribution is 2.36. The number of H-pyrrole nitrogens is 2. The van der Waals surface area contributed by atoms with Crippen molar-refractivity contribution in [2.24, 2.45) is 0 Å². The average Bonchev–Trinajstić information content (AvgIpc) is 3.80. The average molecular weight is 621 g/mol. The second-order valence-electron chi connectivity index (χ2n) is 11.8. The van der Waals surface area contributed by atoms with Gasteiger partial charge in [0, 0.05) is 52.9 Å². The van der Waals surface area contributed by atoms with Crippen LogP contribution in [0.5, 0.6) is 0 Å². The molecule has 2 aliphatic heterocycles. The summed E-state index contributed by atoms with van der Waals surface area (Å²) in [5.74, 6) is 1.38. The number of benzene rings is 2. The number of halogens is 1. The third-order valence-corrected chi connectivity index (χ3v) is 8.81. The van der Waals surface area contributed by atoms with Gasteiger partial charge < -0.3 is 24.8 Å². The summed E-state index contributed by atoms with van der Waals surface area (Å²) in [6.45, 7) is 1.43. The van der Waals surface area contributed by atoms with Gasteiger partial charge in [-0.2, -0.15) is 10.2 Å². The highest BCUT2D eigenvalue weighted by Gasteiger charge is 2.30. The van der Waals surface area contributed by atoms with Crippen LogP contribution in [-0.2, 0) is 9.47 Å². The molecule has 0 radical (unpaired) electrons. The summed E-state index contributed by atoms with van der Waals surface area (Å²) in [4.78, 5) is 11.2. The molecule has 2 aromatic carbocycles. The number of aliphatic hydroxyl groups excluding tert-OH is 1. The molecule has 6 heterocycles. The lowest BCUT2D eigenvalue weighted by Crippen LogP contribution is -2.34. The molecule has 0 amide bonds. The smallest absolute Gasteiger partial charge is 0.146 e. The molecule has 4 aromatic heterocycles. The minimum absolute atomic E-state index is 0.0921.